The van der Waals surface area contributed by atoms with Crippen molar-refractivity contribution in [3.8, 4) is 5.75 Å². The molecule has 6 atom stereocenters. The SMILES string of the molecule is CC(C)C[C@H](CC(=O)[C@H](Cc1ccc(O)cc1)NC(=O)[C@]1(C)CCCC=CC[C@H](N)C(=O)N[C@@H](CCCCN)C(=O)N[C@@H](CCCCN)C(=O)N1)C(=O)O. The summed E-state index contributed by atoms with van der Waals surface area (Å²) in [5.74, 6) is -4.89. The van der Waals surface area contributed by atoms with Gasteiger partial charge in [0.1, 0.15) is 23.4 Å². The first kappa shape index (κ1) is 45.8. The maximum atomic E-state index is 14.3. The van der Waals surface area contributed by atoms with Gasteiger partial charge < -0.3 is 48.7 Å². The molecule has 1 aromatic rings. The smallest absolute Gasteiger partial charge is 0.306 e. The predicted molar refractivity (Wildman–Crippen MR) is 206 cm³/mol. The molecule has 1 aliphatic heterocycles. The number of amides is 4. The Hall–Kier alpha value is -4.34. The van der Waals surface area contributed by atoms with Crippen LogP contribution in [0.4, 0.5) is 0 Å². The van der Waals surface area contributed by atoms with E-state index in [1.54, 1.807) is 25.1 Å². The van der Waals surface area contributed by atoms with Crippen LogP contribution in [-0.4, -0.2) is 88.4 Å². The molecule has 12 N–H and O–H groups in total. The van der Waals surface area contributed by atoms with E-state index in [0.29, 0.717) is 57.2 Å². The summed E-state index contributed by atoms with van der Waals surface area (Å²) < 4.78 is 0. The second kappa shape index (κ2) is 23.4. The Bertz CT molecular complexity index is 1420. The number of carboxylic acid groups (broad SMARTS) is 1. The number of aromatic hydroxyl groups is 1. The molecule has 1 aromatic carbocycles. The van der Waals surface area contributed by atoms with Gasteiger partial charge in [-0.3, -0.25) is 28.8 Å². The van der Waals surface area contributed by atoms with Crippen molar-refractivity contribution in [2.45, 2.75) is 134 Å². The third-order valence-electron chi connectivity index (χ3n) is 9.62. The molecule has 4 amide bonds. The summed E-state index contributed by atoms with van der Waals surface area (Å²) in [4.78, 5) is 80.9. The number of nitrogens with two attached hydrogens (primary N) is 3. The van der Waals surface area contributed by atoms with E-state index in [9.17, 15) is 39.0 Å². The van der Waals surface area contributed by atoms with E-state index in [1.807, 2.05) is 19.9 Å². The minimum absolute atomic E-state index is 0.0112. The van der Waals surface area contributed by atoms with Crippen LogP contribution in [0.5, 0.6) is 5.75 Å². The Kier molecular flexibility index (Phi) is 19.9. The summed E-state index contributed by atoms with van der Waals surface area (Å²) in [5.41, 5.74) is 16.6. The normalized spacial score (nSPS) is 22.8. The number of benzene rings is 1. The highest BCUT2D eigenvalue weighted by molar-refractivity contribution is 5.98. The molecule has 0 unspecified atom stereocenters. The molecule has 0 radical (unpaired) electrons. The van der Waals surface area contributed by atoms with Crippen LogP contribution in [-0.2, 0) is 35.2 Å². The van der Waals surface area contributed by atoms with E-state index in [-0.39, 0.29) is 56.6 Å². The molecular formula is C39H63N7O8. The molecule has 0 aromatic heterocycles. The van der Waals surface area contributed by atoms with Gasteiger partial charge in [-0.1, -0.05) is 38.1 Å². The van der Waals surface area contributed by atoms with Crippen molar-refractivity contribution in [2.75, 3.05) is 13.1 Å². The number of Topliss-reactive ketones (excluding diaryl/α,β-unsaturated/α-hetero) is 1. The van der Waals surface area contributed by atoms with Crippen LogP contribution in [0.3, 0.4) is 0 Å². The number of carboxylic acids is 1. The molecule has 0 saturated carbocycles. The summed E-state index contributed by atoms with van der Waals surface area (Å²) in [6.45, 7) is 6.05. The van der Waals surface area contributed by atoms with E-state index >= 15 is 0 Å². The van der Waals surface area contributed by atoms with Gasteiger partial charge in [0.25, 0.3) is 0 Å². The number of unbranched alkanes of at least 4 members (excludes halogenated alkanes) is 2. The molecule has 15 nitrogen and oxygen atoms in total. The Morgan fingerprint density at radius 1 is 0.907 bits per heavy atom. The zero-order valence-electron chi connectivity index (χ0n) is 32.1. The highest BCUT2D eigenvalue weighted by Crippen LogP contribution is 2.22. The van der Waals surface area contributed by atoms with Gasteiger partial charge in [-0.25, -0.2) is 0 Å². The van der Waals surface area contributed by atoms with Gasteiger partial charge in [0.2, 0.25) is 23.6 Å². The number of nitrogens with one attached hydrogen (secondary N) is 4. The zero-order chi connectivity index (χ0) is 40.3. The highest BCUT2D eigenvalue weighted by atomic mass is 16.4. The standard InChI is InChI=1S/C39H63N7O8/c1-25(2)22-27(37(52)53)24-33(48)32(23-26-15-17-28(47)18-16-26)45-38(54)39(3)19-9-5-4-6-12-29(42)34(49)43-30(13-7-10-20-40)35(50)44-31(36(51)46-39)14-8-11-21-41/h4,6,15-18,25,27,29-32,47H,5,7-14,19-24,40-42H2,1-3H3,(H,43,49)(H,44,50)(H,45,54)(H,46,51)(H,52,53)/t27-,29+,30+,31+,32+,39+/m1/s1. The van der Waals surface area contributed by atoms with E-state index in [4.69, 9.17) is 17.2 Å². The molecule has 0 saturated heterocycles. The van der Waals surface area contributed by atoms with Gasteiger partial charge in [-0.05, 0) is 121 Å². The van der Waals surface area contributed by atoms with Crippen LogP contribution in [0.25, 0.3) is 0 Å². The van der Waals surface area contributed by atoms with Gasteiger partial charge in [0, 0.05) is 6.42 Å². The van der Waals surface area contributed by atoms with Gasteiger partial charge in [-0.2, -0.15) is 0 Å². The van der Waals surface area contributed by atoms with Crippen LogP contribution in [0.2, 0.25) is 0 Å². The van der Waals surface area contributed by atoms with Gasteiger partial charge >= 0.3 is 5.97 Å². The fourth-order valence-electron chi connectivity index (χ4n) is 6.36. The topological polar surface area (TPSA) is 269 Å². The molecule has 0 spiro atoms. The molecular weight excluding hydrogens is 694 g/mol. The van der Waals surface area contributed by atoms with E-state index in [0.717, 1.165) is 0 Å². The Balaban J connectivity index is 2.51. The lowest BCUT2D eigenvalue weighted by molar-refractivity contribution is -0.144. The van der Waals surface area contributed by atoms with Gasteiger partial charge in [0.15, 0.2) is 5.78 Å². The van der Waals surface area contributed by atoms with Crippen molar-refractivity contribution < 1.29 is 39.0 Å². The van der Waals surface area contributed by atoms with E-state index in [1.165, 1.54) is 12.1 Å². The van der Waals surface area contributed by atoms with Crippen molar-refractivity contribution in [3.63, 3.8) is 0 Å². The number of rotatable bonds is 18. The molecule has 15 heteroatoms. The summed E-state index contributed by atoms with van der Waals surface area (Å²) in [7, 11) is 0. The zero-order valence-corrected chi connectivity index (χ0v) is 32.1. The predicted octanol–water partition coefficient (Wildman–Crippen LogP) is 1.69. The summed E-state index contributed by atoms with van der Waals surface area (Å²) in [5, 5.41) is 30.9. The molecule has 0 fully saturated rings. The number of phenolic OH excluding ortho intramolecular Hbond substituents is 1. The van der Waals surface area contributed by atoms with Crippen molar-refractivity contribution in [3.05, 3.63) is 42.0 Å². The lowest BCUT2D eigenvalue weighted by Gasteiger charge is -2.34. The van der Waals surface area contributed by atoms with Crippen LogP contribution in [0, 0.1) is 11.8 Å². The fourth-order valence-corrected chi connectivity index (χ4v) is 6.36. The van der Waals surface area contributed by atoms with Crippen molar-refractivity contribution >= 4 is 35.4 Å². The summed E-state index contributed by atoms with van der Waals surface area (Å²) in [6.07, 6.45) is 7.50. The van der Waals surface area contributed by atoms with Crippen molar-refractivity contribution in [1.82, 2.24) is 21.3 Å². The number of ketones is 1. The quantitative estimate of drug-likeness (QED) is 0.0768. The first-order valence-electron chi connectivity index (χ1n) is 19.2. The lowest BCUT2D eigenvalue weighted by Crippen LogP contribution is -2.63. The number of aliphatic carboxylic acids is 1. The third-order valence-corrected chi connectivity index (χ3v) is 9.62. The minimum atomic E-state index is -1.57. The molecule has 2 rings (SSSR count). The number of hydrogen-bond acceptors (Lipinski definition) is 10. The average molecular weight is 758 g/mol. The Morgan fingerprint density at radius 3 is 2.07 bits per heavy atom. The monoisotopic (exact) mass is 757 g/mol. The van der Waals surface area contributed by atoms with Gasteiger partial charge in [0.05, 0.1) is 18.0 Å². The van der Waals surface area contributed by atoms with Crippen LogP contribution >= 0.6 is 0 Å². The maximum absolute atomic E-state index is 14.3. The van der Waals surface area contributed by atoms with Crippen LogP contribution in [0.15, 0.2) is 36.4 Å². The largest absolute Gasteiger partial charge is 0.508 e. The first-order chi connectivity index (χ1) is 25.6. The van der Waals surface area contributed by atoms with Crippen LogP contribution in [0.1, 0.15) is 103 Å². The van der Waals surface area contributed by atoms with Crippen LogP contribution < -0.4 is 38.5 Å². The average Bonchev–Trinajstić information content (AvgIpc) is 3.11. The molecule has 302 valence electrons. The number of carbonyl (C=O) groups is 6. The molecule has 1 heterocycles. The Morgan fingerprint density at radius 2 is 1.50 bits per heavy atom. The lowest BCUT2D eigenvalue weighted by atomic mass is 9.88. The molecule has 0 bridgehead atoms. The van der Waals surface area contributed by atoms with Crippen molar-refractivity contribution in [1.29, 1.82) is 0 Å². The van der Waals surface area contributed by atoms with E-state index < -0.39 is 71.0 Å². The first-order valence-corrected chi connectivity index (χ1v) is 19.2. The summed E-state index contributed by atoms with van der Waals surface area (Å²) >= 11 is 0. The number of allylic oxidation sites excluding steroid dienone is 1. The fraction of sp³-hybridized carbons (Fsp3) is 0.641. The molecule has 0 aliphatic carbocycles. The Labute approximate surface area is 319 Å². The van der Waals surface area contributed by atoms with Gasteiger partial charge in [-0.15, -0.1) is 0 Å². The number of hydrogen-bond donors (Lipinski definition) is 9. The van der Waals surface area contributed by atoms with E-state index in [2.05, 4.69) is 21.3 Å². The summed E-state index contributed by atoms with van der Waals surface area (Å²) in [6, 6.07) is 1.99. The molecule has 1 aliphatic rings. The minimum Gasteiger partial charge on any atom is -0.508 e. The second-order valence-electron chi connectivity index (χ2n) is 15.0. The number of carbonyl (C=O) groups excluding carboxylic acids is 5. The highest BCUT2D eigenvalue weighted by Gasteiger charge is 2.39. The second-order valence-corrected chi connectivity index (χ2v) is 15.0. The third kappa shape index (κ3) is 15.9. The number of phenols is 1. The maximum Gasteiger partial charge on any atom is 0.306 e. The molecule has 54 heavy (non-hydrogen) atoms. The van der Waals surface area contributed by atoms with Crippen molar-refractivity contribution in [2.24, 2.45) is 29.0 Å².